The molecule has 1 atom stereocenters. The molecule has 2 N–H and O–H groups in total. The lowest BCUT2D eigenvalue weighted by atomic mass is 9.92. The van der Waals surface area contributed by atoms with Gasteiger partial charge in [0.05, 0.1) is 13.5 Å². The summed E-state index contributed by atoms with van der Waals surface area (Å²) in [5.41, 5.74) is 0.807. The van der Waals surface area contributed by atoms with E-state index in [9.17, 15) is 9.59 Å². The van der Waals surface area contributed by atoms with E-state index in [4.69, 9.17) is 9.84 Å². The number of hydrogen-bond donors (Lipinski definition) is 2. The molecule has 20 heavy (non-hydrogen) atoms. The van der Waals surface area contributed by atoms with Crippen LogP contribution in [0.4, 0.5) is 0 Å². The summed E-state index contributed by atoms with van der Waals surface area (Å²) in [6.45, 7) is 3.89. The monoisotopic (exact) mass is 277 g/mol. The molecule has 5 nitrogen and oxygen atoms in total. The minimum absolute atomic E-state index is 0.0894. The highest BCUT2D eigenvalue weighted by atomic mass is 16.5. The Bertz CT molecular complexity index is 467. The van der Waals surface area contributed by atoms with Crippen molar-refractivity contribution in [3.63, 3.8) is 0 Å². The first-order chi connectivity index (χ1) is 9.56. The Morgan fingerprint density at radius 3 is 2.50 bits per heavy atom. The molecule has 0 aromatic heterocycles. The average Bonchev–Trinajstić information content (AvgIpc) is 2.44. The molecular formula is C15H19NO4. The third kappa shape index (κ3) is 5.14. The lowest BCUT2D eigenvalue weighted by Gasteiger charge is -2.15. The topological polar surface area (TPSA) is 75.6 Å². The molecule has 1 amide bonds. The van der Waals surface area contributed by atoms with Gasteiger partial charge in [-0.15, -0.1) is 6.58 Å². The molecule has 0 aliphatic carbocycles. The second kappa shape index (κ2) is 7.99. The molecule has 0 unspecified atom stereocenters. The van der Waals surface area contributed by atoms with Gasteiger partial charge in [-0.05, 0) is 17.7 Å². The summed E-state index contributed by atoms with van der Waals surface area (Å²) in [4.78, 5) is 22.6. The highest BCUT2D eigenvalue weighted by Gasteiger charge is 2.19. The molecule has 0 bridgehead atoms. The smallest absolute Gasteiger partial charge is 0.303 e. The number of benzene rings is 1. The maximum Gasteiger partial charge on any atom is 0.303 e. The highest BCUT2D eigenvalue weighted by Crippen LogP contribution is 2.25. The number of carbonyl (C=O) groups is 2. The van der Waals surface area contributed by atoms with Crippen molar-refractivity contribution in [2.45, 2.75) is 18.8 Å². The predicted octanol–water partition coefficient (Wildman–Crippen LogP) is 1.95. The molecule has 0 saturated heterocycles. The lowest BCUT2D eigenvalue weighted by molar-refractivity contribution is -0.137. The van der Waals surface area contributed by atoms with Crippen molar-refractivity contribution < 1.29 is 19.4 Å². The molecule has 108 valence electrons. The van der Waals surface area contributed by atoms with Gasteiger partial charge in [0, 0.05) is 18.9 Å². The number of rotatable bonds is 8. The quantitative estimate of drug-likeness (QED) is 0.712. The third-order valence-corrected chi connectivity index (χ3v) is 2.88. The van der Waals surface area contributed by atoms with Crippen molar-refractivity contribution >= 4 is 11.9 Å². The van der Waals surface area contributed by atoms with E-state index in [-0.39, 0.29) is 24.7 Å². The van der Waals surface area contributed by atoms with Crippen LogP contribution in [-0.2, 0) is 9.59 Å². The fourth-order valence-electron chi connectivity index (χ4n) is 1.88. The van der Waals surface area contributed by atoms with Gasteiger partial charge in [-0.25, -0.2) is 0 Å². The van der Waals surface area contributed by atoms with E-state index in [1.807, 2.05) is 0 Å². The van der Waals surface area contributed by atoms with Gasteiger partial charge in [0.15, 0.2) is 0 Å². The Hall–Kier alpha value is -2.30. The molecule has 0 aliphatic rings. The maximum absolute atomic E-state index is 11.7. The number of carbonyl (C=O) groups excluding carboxylic acids is 1. The Morgan fingerprint density at radius 2 is 2.00 bits per heavy atom. The van der Waals surface area contributed by atoms with Gasteiger partial charge < -0.3 is 15.2 Å². The van der Waals surface area contributed by atoms with Crippen molar-refractivity contribution in [1.82, 2.24) is 5.32 Å². The summed E-state index contributed by atoms with van der Waals surface area (Å²) in [6, 6.07) is 7.08. The number of carboxylic acid groups (broad SMARTS) is 1. The normalized spacial score (nSPS) is 11.4. The highest BCUT2D eigenvalue weighted by molar-refractivity contribution is 5.78. The van der Waals surface area contributed by atoms with Gasteiger partial charge in [-0.3, -0.25) is 9.59 Å². The van der Waals surface area contributed by atoms with E-state index in [0.717, 1.165) is 5.56 Å². The largest absolute Gasteiger partial charge is 0.497 e. The first-order valence-electron chi connectivity index (χ1n) is 6.30. The van der Waals surface area contributed by atoms with Crippen molar-refractivity contribution in [1.29, 1.82) is 0 Å². The molecule has 1 aromatic rings. The van der Waals surface area contributed by atoms with Gasteiger partial charge >= 0.3 is 5.97 Å². The van der Waals surface area contributed by atoms with Crippen LogP contribution in [0.1, 0.15) is 24.3 Å². The van der Waals surface area contributed by atoms with Crippen LogP contribution in [0.5, 0.6) is 5.75 Å². The maximum atomic E-state index is 11.7. The fraction of sp³-hybridized carbons (Fsp3) is 0.333. The third-order valence-electron chi connectivity index (χ3n) is 2.88. The molecule has 5 heteroatoms. The van der Waals surface area contributed by atoms with Gasteiger partial charge in [0.1, 0.15) is 5.75 Å². The zero-order chi connectivity index (χ0) is 15.0. The van der Waals surface area contributed by atoms with Gasteiger partial charge in [0.2, 0.25) is 5.91 Å². The Kier molecular flexibility index (Phi) is 6.29. The lowest BCUT2D eigenvalue weighted by Crippen LogP contribution is -2.25. The molecular weight excluding hydrogens is 258 g/mol. The van der Waals surface area contributed by atoms with Crippen molar-refractivity contribution in [2.75, 3.05) is 13.7 Å². The Labute approximate surface area is 118 Å². The number of hydrogen-bond acceptors (Lipinski definition) is 3. The SMILES string of the molecule is C=CCNC(=O)C[C@@H](CC(=O)O)c1ccc(OC)cc1. The van der Waals surface area contributed by atoms with Crippen molar-refractivity contribution in [3.8, 4) is 5.75 Å². The van der Waals surface area contributed by atoms with E-state index in [0.29, 0.717) is 12.3 Å². The number of amides is 1. The summed E-state index contributed by atoms with van der Waals surface area (Å²) in [6.07, 6.45) is 1.62. The summed E-state index contributed by atoms with van der Waals surface area (Å²) in [5, 5.41) is 11.6. The number of ether oxygens (including phenoxy) is 1. The minimum atomic E-state index is -0.928. The average molecular weight is 277 g/mol. The number of aliphatic carboxylic acids is 1. The van der Waals surface area contributed by atoms with Crippen LogP contribution in [0.15, 0.2) is 36.9 Å². The van der Waals surface area contributed by atoms with Crippen LogP contribution in [-0.4, -0.2) is 30.6 Å². The van der Waals surface area contributed by atoms with E-state index >= 15 is 0 Å². The van der Waals surface area contributed by atoms with E-state index in [1.165, 1.54) is 0 Å². The zero-order valence-electron chi connectivity index (χ0n) is 11.5. The van der Waals surface area contributed by atoms with Crippen LogP contribution in [0.25, 0.3) is 0 Å². The minimum Gasteiger partial charge on any atom is -0.497 e. The summed E-state index contributed by atoms with van der Waals surface area (Å²) >= 11 is 0. The molecule has 0 radical (unpaired) electrons. The fourth-order valence-corrected chi connectivity index (χ4v) is 1.88. The summed E-state index contributed by atoms with van der Waals surface area (Å²) < 4.78 is 5.06. The number of methoxy groups -OCH3 is 1. The second-order valence-corrected chi connectivity index (χ2v) is 4.36. The summed E-state index contributed by atoms with van der Waals surface area (Å²) in [5.74, 6) is -0.781. The van der Waals surface area contributed by atoms with Crippen LogP contribution >= 0.6 is 0 Å². The van der Waals surface area contributed by atoms with Gasteiger partial charge in [0.25, 0.3) is 0 Å². The second-order valence-electron chi connectivity index (χ2n) is 4.36. The van der Waals surface area contributed by atoms with Crippen LogP contribution < -0.4 is 10.1 Å². The van der Waals surface area contributed by atoms with Gasteiger partial charge in [-0.2, -0.15) is 0 Å². The Balaban J connectivity index is 2.78. The molecule has 0 aliphatic heterocycles. The van der Waals surface area contributed by atoms with E-state index in [1.54, 1.807) is 37.5 Å². The first kappa shape index (κ1) is 15.8. The van der Waals surface area contributed by atoms with Crippen molar-refractivity contribution in [3.05, 3.63) is 42.5 Å². The van der Waals surface area contributed by atoms with Gasteiger partial charge in [-0.1, -0.05) is 18.2 Å². The standard InChI is InChI=1S/C15H19NO4/c1-3-8-16-14(17)9-12(10-15(18)19)11-4-6-13(20-2)7-5-11/h3-7,12H,1,8-10H2,2H3,(H,16,17)(H,18,19)/t12-/m0/s1. The number of nitrogens with one attached hydrogen (secondary N) is 1. The Morgan fingerprint density at radius 1 is 1.35 bits per heavy atom. The summed E-state index contributed by atoms with van der Waals surface area (Å²) in [7, 11) is 1.56. The van der Waals surface area contributed by atoms with E-state index in [2.05, 4.69) is 11.9 Å². The molecule has 1 rings (SSSR count). The number of carboxylic acids is 1. The first-order valence-corrected chi connectivity index (χ1v) is 6.30. The van der Waals surface area contributed by atoms with Crippen LogP contribution in [0.3, 0.4) is 0 Å². The van der Waals surface area contributed by atoms with Crippen LogP contribution in [0.2, 0.25) is 0 Å². The molecule has 1 aromatic carbocycles. The predicted molar refractivity (Wildman–Crippen MR) is 75.8 cm³/mol. The van der Waals surface area contributed by atoms with Crippen molar-refractivity contribution in [2.24, 2.45) is 0 Å². The van der Waals surface area contributed by atoms with Crippen LogP contribution in [0, 0.1) is 0 Å². The molecule has 0 saturated carbocycles. The molecule has 0 heterocycles. The van der Waals surface area contributed by atoms with E-state index < -0.39 is 5.97 Å². The molecule has 0 spiro atoms. The molecule has 0 fully saturated rings. The zero-order valence-corrected chi connectivity index (χ0v) is 11.5.